The van der Waals surface area contributed by atoms with Crippen molar-refractivity contribution in [2.75, 3.05) is 13.2 Å². The summed E-state index contributed by atoms with van der Waals surface area (Å²) in [5.74, 6) is -0.522. The summed E-state index contributed by atoms with van der Waals surface area (Å²) in [6.07, 6.45) is 2.84. The lowest BCUT2D eigenvalue weighted by atomic mass is 10.1. The van der Waals surface area contributed by atoms with Gasteiger partial charge in [0.1, 0.15) is 12.2 Å². The molecule has 2 aromatic rings. The summed E-state index contributed by atoms with van der Waals surface area (Å²) in [7, 11) is 0. The molecule has 1 saturated carbocycles. The maximum atomic E-state index is 13.0. The van der Waals surface area contributed by atoms with Gasteiger partial charge in [0.2, 0.25) is 0 Å². The van der Waals surface area contributed by atoms with Crippen LogP contribution in [0, 0.1) is 0 Å². The fourth-order valence-electron chi connectivity index (χ4n) is 3.97. The van der Waals surface area contributed by atoms with E-state index in [0.29, 0.717) is 17.3 Å². The number of rotatable bonds is 4. The first kappa shape index (κ1) is 17.1. The summed E-state index contributed by atoms with van der Waals surface area (Å²) < 4.78 is 6.90. The number of carbonyl (C=O) groups excluding carboxylic acids is 2. The Labute approximate surface area is 156 Å². The van der Waals surface area contributed by atoms with E-state index in [2.05, 4.69) is 0 Å². The highest BCUT2D eigenvalue weighted by atomic mass is 35.5. The van der Waals surface area contributed by atoms with Gasteiger partial charge in [0.15, 0.2) is 0 Å². The minimum absolute atomic E-state index is 0.00243. The second kappa shape index (κ2) is 6.76. The molecule has 136 valence electrons. The molecule has 2 aliphatic rings. The summed E-state index contributed by atoms with van der Waals surface area (Å²) >= 11 is 5.96. The highest BCUT2D eigenvalue weighted by Gasteiger charge is 2.44. The van der Waals surface area contributed by atoms with Crippen LogP contribution in [0.4, 0.5) is 0 Å². The van der Waals surface area contributed by atoms with Crippen LogP contribution in [-0.2, 0) is 9.53 Å². The molecule has 6 nitrogen and oxygen atoms in total. The largest absolute Gasteiger partial charge is 0.465 e. The Kier molecular flexibility index (Phi) is 4.44. The van der Waals surface area contributed by atoms with Gasteiger partial charge in [-0.1, -0.05) is 23.7 Å². The molecular formula is C19H20ClN3O3. The minimum atomic E-state index is -0.364. The fourth-order valence-corrected chi connectivity index (χ4v) is 4.10. The molecule has 0 spiro atoms. The SMILES string of the molecule is CCOC(=O)CN1C(=O)c2cc(-c3ccc(Cl)cc3)nn2[C@@H]2CCC[C@@H]21. The van der Waals surface area contributed by atoms with Crippen LogP contribution in [0.5, 0.6) is 0 Å². The quantitative estimate of drug-likeness (QED) is 0.771. The van der Waals surface area contributed by atoms with Crippen molar-refractivity contribution in [1.82, 2.24) is 14.7 Å². The lowest BCUT2D eigenvalue weighted by Crippen LogP contribution is -2.50. The average molecular weight is 374 g/mol. The summed E-state index contributed by atoms with van der Waals surface area (Å²) in [6, 6.07) is 9.31. The molecule has 0 saturated heterocycles. The first-order valence-electron chi connectivity index (χ1n) is 8.90. The Morgan fingerprint density at radius 1 is 1.27 bits per heavy atom. The number of aromatic nitrogens is 2. The molecule has 1 fully saturated rings. The standard InChI is InChI=1S/C19H20ClN3O3/c1-2-26-18(24)11-22-15-4-3-5-16(15)23-17(19(22)25)10-14(21-23)12-6-8-13(20)9-7-12/h6-10,15-16H,2-5,11H2,1H3/t15-,16+/m0/s1. The van der Waals surface area contributed by atoms with Crippen LogP contribution in [0.1, 0.15) is 42.7 Å². The maximum Gasteiger partial charge on any atom is 0.325 e. The summed E-state index contributed by atoms with van der Waals surface area (Å²) in [4.78, 5) is 26.7. The number of esters is 1. The maximum absolute atomic E-state index is 13.0. The lowest BCUT2D eigenvalue weighted by molar-refractivity contribution is -0.144. The summed E-state index contributed by atoms with van der Waals surface area (Å²) in [6.45, 7) is 2.07. The molecule has 0 N–H and O–H groups in total. The van der Waals surface area contributed by atoms with E-state index in [4.69, 9.17) is 21.4 Å². The van der Waals surface area contributed by atoms with Crippen LogP contribution in [0.3, 0.4) is 0 Å². The van der Waals surface area contributed by atoms with Gasteiger partial charge in [0.25, 0.3) is 5.91 Å². The zero-order valence-corrected chi connectivity index (χ0v) is 15.3. The molecule has 4 rings (SSSR count). The molecule has 2 atom stereocenters. The van der Waals surface area contributed by atoms with Crippen LogP contribution in [-0.4, -0.2) is 45.8 Å². The lowest BCUT2D eigenvalue weighted by Gasteiger charge is -2.37. The molecule has 0 radical (unpaired) electrons. The van der Waals surface area contributed by atoms with Crippen molar-refractivity contribution >= 4 is 23.5 Å². The van der Waals surface area contributed by atoms with Crippen LogP contribution in [0.2, 0.25) is 5.02 Å². The van der Waals surface area contributed by atoms with Gasteiger partial charge < -0.3 is 9.64 Å². The Balaban J connectivity index is 1.69. The summed E-state index contributed by atoms with van der Waals surface area (Å²) in [5.41, 5.74) is 2.19. The number of carbonyl (C=O) groups is 2. The highest BCUT2D eigenvalue weighted by Crippen LogP contribution is 2.39. The summed E-state index contributed by atoms with van der Waals surface area (Å²) in [5, 5.41) is 5.36. The molecule has 0 bridgehead atoms. The predicted octanol–water partition coefficient (Wildman–Crippen LogP) is 3.32. The van der Waals surface area contributed by atoms with Crippen molar-refractivity contribution in [2.24, 2.45) is 0 Å². The van der Waals surface area contributed by atoms with Gasteiger partial charge in [-0.3, -0.25) is 14.3 Å². The topological polar surface area (TPSA) is 64.4 Å². The Morgan fingerprint density at radius 3 is 2.73 bits per heavy atom. The van der Waals surface area contributed by atoms with E-state index in [-0.39, 0.29) is 30.5 Å². The molecule has 7 heteroatoms. The molecule has 1 aromatic carbocycles. The van der Waals surface area contributed by atoms with Crippen molar-refractivity contribution in [3.63, 3.8) is 0 Å². The minimum Gasteiger partial charge on any atom is -0.465 e. The van der Waals surface area contributed by atoms with E-state index in [0.717, 1.165) is 30.5 Å². The molecule has 1 aromatic heterocycles. The number of amides is 1. The fraction of sp³-hybridized carbons (Fsp3) is 0.421. The molecule has 26 heavy (non-hydrogen) atoms. The van der Waals surface area contributed by atoms with E-state index < -0.39 is 0 Å². The highest BCUT2D eigenvalue weighted by molar-refractivity contribution is 6.30. The molecule has 1 amide bonds. The smallest absolute Gasteiger partial charge is 0.325 e. The van der Waals surface area contributed by atoms with Crippen LogP contribution in [0.25, 0.3) is 11.3 Å². The van der Waals surface area contributed by atoms with Gasteiger partial charge in [0, 0.05) is 10.6 Å². The van der Waals surface area contributed by atoms with E-state index in [9.17, 15) is 9.59 Å². The van der Waals surface area contributed by atoms with Gasteiger partial charge in [-0.15, -0.1) is 0 Å². The molecular weight excluding hydrogens is 354 g/mol. The number of benzene rings is 1. The van der Waals surface area contributed by atoms with Gasteiger partial charge in [0.05, 0.1) is 24.4 Å². The second-order valence-electron chi connectivity index (χ2n) is 6.67. The predicted molar refractivity (Wildman–Crippen MR) is 97.0 cm³/mol. The van der Waals surface area contributed by atoms with Crippen LogP contribution >= 0.6 is 11.6 Å². The Hall–Kier alpha value is -2.34. The van der Waals surface area contributed by atoms with Crippen molar-refractivity contribution in [3.05, 3.63) is 41.0 Å². The van der Waals surface area contributed by atoms with Crippen LogP contribution < -0.4 is 0 Å². The van der Waals surface area contributed by atoms with E-state index in [1.165, 1.54) is 0 Å². The number of fused-ring (bicyclic) bond motifs is 3. The van der Waals surface area contributed by atoms with Gasteiger partial charge in [-0.2, -0.15) is 5.10 Å². The monoisotopic (exact) mass is 373 g/mol. The number of ether oxygens (including phenoxy) is 1. The third-order valence-electron chi connectivity index (χ3n) is 5.12. The van der Waals surface area contributed by atoms with Gasteiger partial charge in [-0.25, -0.2) is 0 Å². The normalized spacial score (nSPS) is 21.5. The molecule has 0 unspecified atom stereocenters. The van der Waals surface area contributed by atoms with Crippen molar-refractivity contribution in [3.8, 4) is 11.3 Å². The number of hydrogen-bond donors (Lipinski definition) is 0. The molecule has 1 aliphatic heterocycles. The van der Waals surface area contributed by atoms with E-state index in [1.807, 2.05) is 28.9 Å². The first-order valence-corrected chi connectivity index (χ1v) is 9.28. The van der Waals surface area contributed by atoms with Crippen molar-refractivity contribution < 1.29 is 14.3 Å². The third kappa shape index (κ3) is 2.88. The third-order valence-corrected chi connectivity index (χ3v) is 5.37. The van der Waals surface area contributed by atoms with Gasteiger partial charge >= 0.3 is 5.97 Å². The van der Waals surface area contributed by atoms with Crippen molar-refractivity contribution in [2.45, 2.75) is 38.3 Å². The number of halogens is 1. The zero-order valence-electron chi connectivity index (χ0n) is 14.5. The zero-order chi connectivity index (χ0) is 18.3. The Morgan fingerprint density at radius 2 is 2.00 bits per heavy atom. The van der Waals surface area contributed by atoms with E-state index >= 15 is 0 Å². The molecule has 1 aliphatic carbocycles. The van der Waals surface area contributed by atoms with Crippen LogP contribution in [0.15, 0.2) is 30.3 Å². The molecule has 2 heterocycles. The van der Waals surface area contributed by atoms with E-state index in [1.54, 1.807) is 17.9 Å². The van der Waals surface area contributed by atoms with Gasteiger partial charge in [-0.05, 0) is 44.4 Å². The number of nitrogens with zero attached hydrogens (tertiary/aromatic N) is 3. The number of hydrogen-bond acceptors (Lipinski definition) is 4. The Bertz CT molecular complexity index is 846. The average Bonchev–Trinajstić information content (AvgIpc) is 3.26. The first-order chi connectivity index (χ1) is 12.6. The van der Waals surface area contributed by atoms with Crippen molar-refractivity contribution in [1.29, 1.82) is 0 Å². The second-order valence-corrected chi connectivity index (χ2v) is 7.11.